The highest BCUT2D eigenvalue weighted by atomic mass is 19.1. The zero-order valence-electron chi connectivity index (χ0n) is 14.6. The fourth-order valence-electron chi connectivity index (χ4n) is 2.29. The summed E-state index contributed by atoms with van der Waals surface area (Å²) in [6, 6.07) is 12.8. The number of nitrogens with one attached hydrogen (secondary N) is 2. The molecule has 7 nitrogen and oxygen atoms in total. The van der Waals surface area contributed by atoms with Crippen molar-refractivity contribution < 1.29 is 23.1 Å². The van der Waals surface area contributed by atoms with Gasteiger partial charge in [-0.25, -0.2) is 9.18 Å². The molecule has 0 aliphatic heterocycles. The number of aryl methyl sites for hydroxylation is 1. The first-order valence-corrected chi connectivity index (χ1v) is 7.96. The van der Waals surface area contributed by atoms with Crippen LogP contribution >= 0.6 is 0 Å². The molecule has 0 atom stereocenters. The fraction of sp³-hybridized carbons (Fsp3) is 0.105. The molecule has 0 saturated heterocycles. The average Bonchev–Trinajstić information content (AvgIpc) is 3.10. The monoisotopic (exact) mass is 369 g/mol. The number of carbonyl (C=O) groups is 2. The van der Waals surface area contributed by atoms with E-state index in [9.17, 15) is 14.0 Å². The second kappa shape index (κ2) is 7.69. The average molecular weight is 369 g/mol. The van der Waals surface area contributed by atoms with Crippen LogP contribution in [0.3, 0.4) is 0 Å². The zero-order chi connectivity index (χ0) is 19.4. The third-order valence-corrected chi connectivity index (χ3v) is 3.71. The second-order valence-electron chi connectivity index (χ2n) is 5.61. The lowest BCUT2D eigenvalue weighted by Crippen LogP contribution is -2.30. The summed E-state index contributed by atoms with van der Waals surface area (Å²) < 4.78 is 23.9. The van der Waals surface area contributed by atoms with Crippen molar-refractivity contribution in [2.75, 3.05) is 12.5 Å². The van der Waals surface area contributed by atoms with E-state index >= 15 is 0 Å². The Kier molecular flexibility index (Phi) is 5.16. The highest BCUT2D eigenvalue weighted by molar-refractivity contribution is 5.96. The summed E-state index contributed by atoms with van der Waals surface area (Å²) in [5.41, 5.74) is 6.11. The molecule has 0 aliphatic rings. The summed E-state index contributed by atoms with van der Waals surface area (Å²) in [7, 11) is 1.20. The Balaban J connectivity index is 1.85. The van der Waals surface area contributed by atoms with Crippen LogP contribution in [0.5, 0.6) is 0 Å². The number of ether oxygens (including phenoxy) is 1. The Morgan fingerprint density at radius 1 is 1.11 bits per heavy atom. The number of methoxy groups -OCH3 is 1. The summed E-state index contributed by atoms with van der Waals surface area (Å²) in [5, 5.41) is 0. The Morgan fingerprint density at radius 3 is 2.48 bits per heavy atom. The topological polar surface area (TPSA) is 93.5 Å². The van der Waals surface area contributed by atoms with Gasteiger partial charge in [-0.2, -0.15) is 4.98 Å². The Hall–Kier alpha value is -3.68. The summed E-state index contributed by atoms with van der Waals surface area (Å²) in [4.78, 5) is 28.2. The number of hydrazine groups is 1. The van der Waals surface area contributed by atoms with Crippen LogP contribution in [-0.2, 0) is 4.74 Å². The van der Waals surface area contributed by atoms with Gasteiger partial charge in [0.1, 0.15) is 5.82 Å². The maximum atomic E-state index is 13.7. The summed E-state index contributed by atoms with van der Waals surface area (Å²) in [6.45, 7) is 1.93. The van der Waals surface area contributed by atoms with Gasteiger partial charge >= 0.3 is 5.97 Å². The summed E-state index contributed by atoms with van der Waals surface area (Å²) in [5.74, 6) is -2.12. The van der Waals surface area contributed by atoms with Crippen LogP contribution < -0.4 is 10.9 Å². The maximum Gasteiger partial charge on any atom is 0.362 e. The van der Waals surface area contributed by atoms with Gasteiger partial charge in [0.25, 0.3) is 5.91 Å². The van der Waals surface area contributed by atoms with E-state index in [4.69, 9.17) is 4.42 Å². The van der Waals surface area contributed by atoms with E-state index in [2.05, 4.69) is 20.6 Å². The van der Waals surface area contributed by atoms with E-state index in [1.54, 1.807) is 12.1 Å². The number of halogens is 1. The first-order valence-electron chi connectivity index (χ1n) is 7.96. The number of rotatable bonds is 5. The van der Waals surface area contributed by atoms with Gasteiger partial charge in [-0.1, -0.05) is 29.8 Å². The molecule has 0 fully saturated rings. The molecule has 2 N–H and O–H groups in total. The van der Waals surface area contributed by atoms with Crippen LogP contribution in [0.4, 0.5) is 10.3 Å². The lowest BCUT2D eigenvalue weighted by Gasteiger charge is -2.07. The molecule has 1 aromatic heterocycles. The van der Waals surface area contributed by atoms with Crippen molar-refractivity contribution in [1.82, 2.24) is 10.4 Å². The normalized spacial score (nSPS) is 10.3. The van der Waals surface area contributed by atoms with Crippen molar-refractivity contribution in [3.8, 4) is 11.5 Å². The first kappa shape index (κ1) is 18.1. The third-order valence-electron chi connectivity index (χ3n) is 3.71. The molecule has 0 spiro atoms. The number of nitrogens with zero attached hydrogens (tertiary/aromatic N) is 1. The smallest absolute Gasteiger partial charge is 0.362 e. The Bertz CT molecular complexity index is 983. The van der Waals surface area contributed by atoms with Crippen molar-refractivity contribution in [1.29, 1.82) is 0 Å². The largest absolute Gasteiger partial charge is 0.464 e. The van der Waals surface area contributed by atoms with E-state index in [0.717, 1.165) is 5.56 Å². The third kappa shape index (κ3) is 3.95. The van der Waals surface area contributed by atoms with Gasteiger partial charge in [-0.15, -0.1) is 0 Å². The van der Waals surface area contributed by atoms with Gasteiger partial charge in [-0.3, -0.25) is 15.6 Å². The molecule has 138 valence electrons. The number of esters is 1. The number of carbonyl (C=O) groups excluding carboxylic acids is 2. The summed E-state index contributed by atoms with van der Waals surface area (Å²) in [6.07, 6.45) is 0. The van der Waals surface area contributed by atoms with Gasteiger partial charge in [0, 0.05) is 5.56 Å². The Labute approximate surface area is 154 Å². The van der Waals surface area contributed by atoms with Gasteiger partial charge < -0.3 is 9.15 Å². The van der Waals surface area contributed by atoms with Crippen molar-refractivity contribution in [3.05, 3.63) is 71.2 Å². The van der Waals surface area contributed by atoms with Gasteiger partial charge in [0.2, 0.25) is 17.5 Å². The molecule has 0 saturated carbocycles. The van der Waals surface area contributed by atoms with E-state index in [0.29, 0.717) is 5.56 Å². The molecule has 0 unspecified atom stereocenters. The molecule has 8 heteroatoms. The second-order valence-corrected chi connectivity index (χ2v) is 5.61. The van der Waals surface area contributed by atoms with Crippen LogP contribution in [0.1, 0.15) is 26.4 Å². The van der Waals surface area contributed by atoms with E-state index in [1.165, 1.54) is 31.4 Å². The zero-order valence-corrected chi connectivity index (χ0v) is 14.6. The standard InChI is InChI=1S/C19H16FN3O4/c1-11-7-9-12(10-8-11)17-21-15(19(25)26-2)18(27-17)23-22-16(24)13-5-3-4-6-14(13)20/h3-10,23H,1-2H3,(H,22,24). The van der Waals surface area contributed by atoms with E-state index in [-0.39, 0.29) is 23.0 Å². The van der Waals surface area contributed by atoms with Crippen molar-refractivity contribution >= 4 is 17.8 Å². The molecule has 2 aromatic carbocycles. The van der Waals surface area contributed by atoms with Gasteiger partial charge in [0.05, 0.1) is 12.7 Å². The van der Waals surface area contributed by atoms with Crippen LogP contribution in [0.15, 0.2) is 52.9 Å². The van der Waals surface area contributed by atoms with Crippen LogP contribution in [0.25, 0.3) is 11.5 Å². The minimum absolute atomic E-state index is 0.123. The number of amides is 1. The van der Waals surface area contributed by atoms with E-state index < -0.39 is 17.7 Å². The maximum absolute atomic E-state index is 13.7. The fourth-order valence-corrected chi connectivity index (χ4v) is 2.29. The molecule has 3 rings (SSSR count). The lowest BCUT2D eigenvalue weighted by atomic mass is 10.1. The molecule has 0 aliphatic carbocycles. The number of aromatic nitrogens is 1. The van der Waals surface area contributed by atoms with Crippen molar-refractivity contribution in [3.63, 3.8) is 0 Å². The molecular formula is C19H16FN3O4. The molecule has 3 aromatic rings. The summed E-state index contributed by atoms with van der Waals surface area (Å²) >= 11 is 0. The van der Waals surface area contributed by atoms with Crippen molar-refractivity contribution in [2.24, 2.45) is 0 Å². The van der Waals surface area contributed by atoms with Crippen LogP contribution in [0.2, 0.25) is 0 Å². The highest BCUT2D eigenvalue weighted by Gasteiger charge is 2.22. The number of benzene rings is 2. The predicted octanol–water partition coefficient (Wildman–Crippen LogP) is 3.33. The molecular weight excluding hydrogens is 353 g/mol. The number of oxazole rings is 1. The predicted molar refractivity (Wildman–Crippen MR) is 95.5 cm³/mol. The minimum atomic E-state index is -0.750. The molecule has 27 heavy (non-hydrogen) atoms. The minimum Gasteiger partial charge on any atom is -0.464 e. The first-order chi connectivity index (χ1) is 13.0. The number of anilines is 1. The lowest BCUT2D eigenvalue weighted by molar-refractivity contribution is 0.0595. The van der Waals surface area contributed by atoms with Gasteiger partial charge in [0.15, 0.2) is 0 Å². The molecule has 1 heterocycles. The molecule has 0 bridgehead atoms. The quantitative estimate of drug-likeness (QED) is 0.529. The van der Waals surface area contributed by atoms with Crippen LogP contribution in [-0.4, -0.2) is 24.0 Å². The molecule has 1 amide bonds. The van der Waals surface area contributed by atoms with E-state index in [1.807, 2.05) is 19.1 Å². The SMILES string of the molecule is COC(=O)c1nc(-c2ccc(C)cc2)oc1NNC(=O)c1ccccc1F. The van der Waals surface area contributed by atoms with Crippen molar-refractivity contribution in [2.45, 2.75) is 6.92 Å². The number of hydrogen-bond acceptors (Lipinski definition) is 6. The number of hydrogen-bond donors (Lipinski definition) is 2. The molecule has 0 radical (unpaired) electrons. The van der Waals surface area contributed by atoms with Crippen LogP contribution in [0, 0.1) is 12.7 Å². The van der Waals surface area contributed by atoms with Gasteiger partial charge in [-0.05, 0) is 31.2 Å². The highest BCUT2D eigenvalue weighted by Crippen LogP contribution is 2.26. The Morgan fingerprint density at radius 2 is 1.81 bits per heavy atom.